The van der Waals surface area contributed by atoms with Gasteiger partial charge in [-0.1, -0.05) is 29.8 Å². The van der Waals surface area contributed by atoms with Crippen LogP contribution in [0.25, 0.3) is 0 Å². The largest absolute Gasteiger partial charge is 0.423 e. The molecule has 1 heterocycles. The van der Waals surface area contributed by atoms with Gasteiger partial charge in [0.15, 0.2) is 0 Å². The van der Waals surface area contributed by atoms with Crippen LogP contribution in [0.2, 0.25) is 5.15 Å². The lowest BCUT2D eigenvalue weighted by Gasteiger charge is -2.07. The Hall–Kier alpha value is -3.18. The summed E-state index contributed by atoms with van der Waals surface area (Å²) in [6.45, 7) is 0. The third kappa shape index (κ3) is 4.43. The lowest BCUT2D eigenvalue weighted by Crippen LogP contribution is -2.12. The van der Waals surface area contributed by atoms with Gasteiger partial charge in [-0.2, -0.15) is 0 Å². The van der Waals surface area contributed by atoms with Crippen LogP contribution < -0.4 is 10.1 Å². The molecule has 25 heavy (non-hydrogen) atoms. The van der Waals surface area contributed by atoms with Gasteiger partial charge in [0.1, 0.15) is 10.9 Å². The topological polar surface area (TPSA) is 68.3 Å². The van der Waals surface area contributed by atoms with Crippen molar-refractivity contribution < 1.29 is 14.3 Å². The maximum atomic E-state index is 12.1. The monoisotopic (exact) mass is 352 g/mol. The van der Waals surface area contributed by atoms with Crippen molar-refractivity contribution in [3.63, 3.8) is 0 Å². The summed E-state index contributed by atoms with van der Waals surface area (Å²) >= 11 is 5.68. The number of rotatable bonds is 4. The predicted molar refractivity (Wildman–Crippen MR) is 95.0 cm³/mol. The Labute approximate surface area is 149 Å². The summed E-state index contributed by atoms with van der Waals surface area (Å²) in [4.78, 5) is 27.9. The van der Waals surface area contributed by atoms with Gasteiger partial charge in [-0.05, 0) is 48.5 Å². The van der Waals surface area contributed by atoms with E-state index in [1.165, 1.54) is 18.3 Å². The van der Waals surface area contributed by atoms with Crippen LogP contribution in [0.1, 0.15) is 20.7 Å². The lowest BCUT2D eigenvalue weighted by molar-refractivity contribution is 0.0734. The van der Waals surface area contributed by atoms with Crippen LogP contribution in [0, 0.1) is 0 Å². The molecule has 0 bridgehead atoms. The number of amides is 1. The van der Waals surface area contributed by atoms with Crippen LogP contribution in [0.3, 0.4) is 0 Å². The second kappa shape index (κ2) is 7.59. The molecule has 0 unspecified atom stereocenters. The molecule has 5 nitrogen and oxygen atoms in total. The van der Waals surface area contributed by atoms with Crippen molar-refractivity contribution in [2.45, 2.75) is 0 Å². The Morgan fingerprint density at radius 3 is 2.24 bits per heavy atom. The summed E-state index contributed by atoms with van der Waals surface area (Å²) < 4.78 is 5.25. The summed E-state index contributed by atoms with van der Waals surface area (Å²) in [7, 11) is 0. The highest BCUT2D eigenvalue weighted by molar-refractivity contribution is 6.29. The van der Waals surface area contributed by atoms with Crippen LogP contribution in [0.5, 0.6) is 5.75 Å². The fourth-order valence-electron chi connectivity index (χ4n) is 2.06. The molecule has 0 aliphatic carbocycles. The first-order valence-corrected chi connectivity index (χ1v) is 7.80. The number of anilines is 1. The van der Waals surface area contributed by atoms with Crippen molar-refractivity contribution in [3.05, 3.63) is 89.2 Å². The molecule has 2 aromatic carbocycles. The van der Waals surface area contributed by atoms with Gasteiger partial charge in [0.2, 0.25) is 0 Å². The Morgan fingerprint density at radius 1 is 0.880 bits per heavy atom. The number of esters is 1. The first-order valence-electron chi connectivity index (χ1n) is 7.42. The molecule has 0 spiro atoms. The first-order chi connectivity index (χ1) is 12.1. The lowest BCUT2D eigenvalue weighted by atomic mass is 10.2. The number of ether oxygens (including phenoxy) is 1. The van der Waals surface area contributed by atoms with Crippen LogP contribution in [0.15, 0.2) is 72.9 Å². The molecule has 6 heteroatoms. The molecule has 0 aliphatic heterocycles. The van der Waals surface area contributed by atoms with Crippen molar-refractivity contribution in [3.8, 4) is 5.75 Å². The fraction of sp³-hybridized carbons (Fsp3) is 0. The number of benzene rings is 2. The fourth-order valence-corrected chi connectivity index (χ4v) is 2.17. The molecule has 0 radical (unpaired) electrons. The Morgan fingerprint density at radius 2 is 1.60 bits per heavy atom. The average Bonchev–Trinajstić information content (AvgIpc) is 2.64. The van der Waals surface area contributed by atoms with Gasteiger partial charge in [-0.15, -0.1) is 0 Å². The van der Waals surface area contributed by atoms with Gasteiger partial charge in [-0.3, -0.25) is 4.79 Å². The molecule has 0 fully saturated rings. The zero-order valence-corrected chi connectivity index (χ0v) is 13.7. The molecule has 124 valence electrons. The molecule has 1 N–H and O–H groups in total. The third-order valence-corrected chi connectivity index (χ3v) is 3.55. The second-order valence-corrected chi connectivity index (χ2v) is 5.49. The highest BCUT2D eigenvalue weighted by Gasteiger charge is 2.10. The number of pyridine rings is 1. The minimum Gasteiger partial charge on any atom is -0.423 e. The zero-order chi connectivity index (χ0) is 17.6. The summed E-state index contributed by atoms with van der Waals surface area (Å²) in [5.41, 5.74) is 1.46. The number of hydrogen-bond donors (Lipinski definition) is 1. The van der Waals surface area contributed by atoms with Gasteiger partial charge in [-0.25, -0.2) is 9.78 Å². The second-order valence-electron chi connectivity index (χ2n) is 5.10. The Balaban J connectivity index is 1.63. The van der Waals surface area contributed by atoms with E-state index in [9.17, 15) is 9.59 Å². The Bertz CT molecular complexity index is 879. The molecule has 1 aromatic heterocycles. The van der Waals surface area contributed by atoms with Gasteiger partial charge >= 0.3 is 5.97 Å². The van der Waals surface area contributed by atoms with E-state index < -0.39 is 5.97 Å². The number of carbonyl (C=O) groups excluding carboxylic acids is 2. The van der Waals surface area contributed by atoms with E-state index in [0.717, 1.165) is 0 Å². The van der Waals surface area contributed by atoms with E-state index in [-0.39, 0.29) is 5.91 Å². The smallest absolute Gasteiger partial charge is 0.345 e. The van der Waals surface area contributed by atoms with Crippen molar-refractivity contribution in [2.24, 2.45) is 0 Å². The zero-order valence-electron chi connectivity index (χ0n) is 13.0. The minimum atomic E-state index is -0.537. The quantitative estimate of drug-likeness (QED) is 0.434. The van der Waals surface area contributed by atoms with Gasteiger partial charge < -0.3 is 10.1 Å². The number of carbonyl (C=O) groups is 2. The third-order valence-electron chi connectivity index (χ3n) is 3.32. The number of hydrogen-bond acceptors (Lipinski definition) is 4. The van der Waals surface area contributed by atoms with E-state index in [4.69, 9.17) is 16.3 Å². The first kappa shape index (κ1) is 16.7. The molecule has 0 saturated carbocycles. The number of nitrogens with zero attached hydrogens (tertiary/aromatic N) is 1. The number of halogens is 1. The average molecular weight is 353 g/mol. The van der Waals surface area contributed by atoms with Crippen LogP contribution in [0.4, 0.5) is 5.69 Å². The Kier molecular flexibility index (Phi) is 5.06. The predicted octanol–water partition coefficient (Wildman–Crippen LogP) is 4.21. The van der Waals surface area contributed by atoms with E-state index >= 15 is 0 Å². The van der Waals surface area contributed by atoms with Crippen LogP contribution in [-0.4, -0.2) is 16.9 Å². The van der Waals surface area contributed by atoms with E-state index in [1.54, 1.807) is 48.5 Å². The van der Waals surface area contributed by atoms with E-state index in [0.29, 0.717) is 27.7 Å². The molecule has 1 amide bonds. The van der Waals surface area contributed by atoms with Gasteiger partial charge in [0.25, 0.3) is 5.91 Å². The molecule has 0 aliphatic rings. The highest BCUT2D eigenvalue weighted by Crippen LogP contribution is 2.18. The molecule has 3 aromatic rings. The van der Waals surface area contributed by atoms with Gasteiger partial charge in [0, 0.05) is 17.4 Å². The maximum absolute atomic E-state index is 12.1. The molecule has 3 rings (SSSR count). The molecular weight excluding hydrogens is 340 g/mol. The molecule has 0 atom stereocenters. The van der Waals surface area contributed by atoms with E-state index in [1.807, 2.05) is 6.07 Å². The number of nitrogens with one attached hydrogen (secondary N) is 1. The SMILES string of the molecule is O=C(Nc1ccc(OC(=O)c2ccc(Cl)nc2)cc1)c1ccccc1. The van der Waals surface area contributed by atoms with Crippen molar-refractivity contribution >= 4 is 29.2 Å². The standard InChI is InChI=1S/C19H13ClN2O3/c20-17-11-6-14(12-21-17)19(24)25-16-9-7-15(8-10-16)22-18(23)13-4-2-1-3-5-13/h1-12H,(H,22,23). The normalized spacial score (nSPS) is 10.1. The minimum absolute atomic E-state index is 0.211. The van der Waals surface area contributed by atoms with Crippen LogP contribution in [-0.2, 0) is 0 Å². The summed E-state index contributed by atoms with van der Waals surface area (Å²) in [5.74, 6) is -0.388. The van der Waals surface area contributed by atoms with Crippen molar-refractivity contribution in [1.29, 1.82) is 0 Å². The molecular formula is C19H13ClN2O3. The van der Waals surface area contributed by atoms with Gasteiger partial charge in [0.05, 0.1) is 5.56 Å². The summed E-state index contributed by atoms with van der Waals surface area (Å²) in [5, 5.41) is 3.07. The number of aromatic nitrogens is 1. The van der Waals surface area contributed by atoms with Crippen molar-refractivity contribution in [2.75, 3.05) is 5.32 Å². The maximum Gasteiger partial charge on any atom is 0.345 e. The summed E-state index contributed by atoms with van der Waals surface area (Å²) in [6, 6.07) is 18.4. The van der Waals surface area contributed by atoms with Crippen molar-refractivity contribution in [1.82, 2.24) is 4.98 Å². The highest BCUT2D eigenvalue weighted by atomic mass is 35.5. The van der Waals surface area contributed by atoms with Crippen LogP contribution >= 0.6 is 11.6 Å². The van der Waals surface area contributed by atoms with E-state index in [2.05, 4.69) is 10.3 Å². The summed E-state index contributed by atoms with van der Waals surface area (Å²) in [6.07, 6.45) is 1.35. The molecule has 0 saturated heterocycles.